The monoisotopic (exact) mass is 289 g/mol. The topological polar surface area (TPSA) is 69.4 Å². The minimum absolute atomic E-state index is 0.00842. The highest BCUT2D eigenvalue weighted by Crippen LogP contribution is 2.14. The Bertz CT molecular complexity index is 634. The number of carbonyl (C=O) groups is 1. The molecule has 0 spiro atoms. The van der Waals surface area contributed by atoms with Gasteiger partial charge in [-0.2, -0.15) is 11.3 Å². The summed E-state index contributed by atoms with van der Waals surface area (Å²) in [7, 11) is 0. The van der Waals surface area contributed by atoms with Crippen LogP contribution in [0, 0.1) is 10.1 Å². The quantitative estimate of drug-likeness (QED) is 0.366. The average Bonchev–Trinajstić information content (AvgIpc) is 2.96. The van der Waals surface area contributed by atoms with Crippen molar-refractivity contribution in [1.29, 1.82) is 0 Å². The highest BCUT2D eigenvalue weighted by atomic mass is 32.1. The van der Waals surface area contributed by atoms with Crippen LogP contribution in [0.4, 0.5) is 5.69 Å². The standard InChI is InChI=1S/C14H11NO4S/c16-14(5-4-11-6-7-20-10-11)19-9-12-2-1-3-13(8-12)15(17)18/h1-8,10H,9H2/b5-4+. The molecule has 1 aromatic carbocycles. The minimum atomic E-state index is -0.484. The molecule has 0 aliphatic carbocycles. The van der Waals surface area contributed by atoms with Crippen molar-refractivity contribution in [3.8, 4) is 0 Å². The summed E-state index contributed by atoms with van der Waals surface area (Å²) in [5.41, 5.74) is 1.49. The van der Waals surface area contributed by atoms with Crippen LogP contribution in [-0.4, -0.2) is 10.9 Å². The summed E-state index contributed by atoms with van der Waals surface area (Å²) in [5, 5.41) is 14.4. The van der Waals surface area contributed by atoms with Crippen LogP contribution < -0.4 is 0 Å². The Balaban J connectivity index is 1.90. The van der Waals surface area contributed by atoms with Crippen molar-refractivity contribution in [2.45, 2.75) is 6.61 Å². The molecule has 5 nitrogen and oxygen atoms in total. The van der Waals surface area contributed by atoms with Crippen molar-refractivity contribution in [2.24, 2.45) is 0 Å². The van der Waals surface area contributed by atoms with Crippen molar-refractivity contribution in [3.05, 3.63) is 68.4 Å². The molecule has 0 unspecified atom stereocenters. The van der Waals surface area contributed by atoms with E-state index in [1.807, 2.05) is 16.8 Å². The lowest BCUT2D eigenvalue weighted by Gasteiger charge is -2.02. The summed E-state index contributed by atoms with van der Waals surface area (Å²) in [6.07, 6.45) is 2.99. The van der Waals surface area contributed by atoms with Gasteiger partial charge in [-0.15, -0.1) is 0 Å². The second-order valence-electron chi connectivity index (χ2n) is 3.92. The van der Waals surface area contributed by atoms with E-state index in [1.165, 1.54) is 29.5 Å². The Morgan fingerprint density at radius 2 is 2.25 bits per heavy atom. The zero-order valence-corrected chi connectivity index (χ0v) is 11.2. The first-order valence-electron chi connectivity index (χ1n) is 5.75. The Labute approximate surface area is 119 Å². The summed E-state index contributed by atoms with van der Waals surface area (Å²) in [6.45, 7) is 0.00842. The van der Waals surface area contributed by atoms with Crippen molar-refractivity contribution in [1.82, 2.24) is 0 Å². The van der Waals surface area contributed by atoms with E-state index >= 15 is 0 Å². The number of thiophene rings is 1. The van der Waals surface area contributed by atoms with Gasteiger partial charge in [0, 0.05) is 18.2 Å². The molecular weight excluding hydrogens is 278 g/mol. The SMILES string of the molecule is O=C(/C=C/c1ccsc1)OCc1cccc([N+](=O)[O-])c1. The molecular formula is C14H11NO4S. The molecule has 0 amide bonds. The highest BCUT2D eigenvalue weighted by molar-refractivity contribution is 7.08. The third-order valence-corrected chi connectivity index (χ3v) is 3.16. The smallest absolute Gasteiger partial charge is 0.331 e. The molecule has 2 rings (SSSR count). The molecule has 0 fully saturated rings. The molecule has 0 aliphatic rings. The molecule has 0 radical (unpaired) electrons. The average molecular weight is 289 g/mol. The number of rotatable bonds is 5. The van der Waals surface area contributed by atoms with E-state index in [1.54, 1.807) is 18.2 Å². The van der Waals surface area contributed by atoms with Crippen LogP contribution in [0.5, 0.6) is 0 Å². The van der Waals surface area contributed by atoms with Gasteiger partial charge in [0.2, 0.25) is 0 Å². The van der Waals surface area contributed by atoms with Crippen molar-refractivity contribution in [3.63, 3.8) is 0 Å². The normalized spacial score (nSPS) is 10.6. The second-order valence-corrected chi connectivity index (χ2v) is 4.70. The largest absolute Gasteiger partial charge is 0.458 e. The number of nitro groups is 1. The summed E-state index contributed by atoms with van der Waals surface area (Å²) >= 11 is 1.54. The first kappa shape index (κ1) is 14.0. The number of esters is 1. The van der Waals surface area contributed by atoms with Gasteiger partial charge in [0.05, 0.1) is 4.92 Å². The molecule has 0 saturated carbocycles. The van der Waals surface area contributed by atoms with E-state index in [-0.39, 0.29) is 12.3 Å². The zero-order chi connectivity index (χ0) is 14.4. The maximum absolute atomic E-state index is 11.5. The lowest BCUT2D eigenvalue weighted by Crippen LogP contribution is -2.01. The van der Waals surface area contributed by atoms with Gasteiger partial charge in [0.25, 0.3) is 5.69 Å². The van der Waals surface area contributed by atoms with Gasteiger partial charge in [-0.3, -0.25) is 10.1 Å². The van der Waals surface area contributed by atoms with Crippen LogP contribution in [-0.2, 0) is 16.1 Å². The lowest BCUT2D eigenvalue weighted by molar-refractivity contribution is -0.384. The molecule has 0 N–H and O–H groups in total. The summed E-state index contributed by atoms with van der Waals surface area (Å²) < 4.78 is 5.02. The first-order valence-corrected chi connectivity index (χ1v) is 6.70. The van der Waals surface area contributed by atoms with Crippen molar-refractivity contribution in [2.75, 3.05) is 0 Å². The molecule has 1 heterocycles. The zero-order valence-electron chi connectivity index (χ0n) is 10.4. The number of nitrogens with zero attached hydrogens (tertiary/aromatic N) is 1. The summed E-state index contributed by atoms with van der Waals surface area (Å²) in [4.78, 5) is 21.6. The van der Waals surface area contributed by atoms with Crippen LogP contribution in [0.1, 0.15) is 11.1 Å². The van der Waals surface area contributed by atoms with E-state index in [0.717, 1.165) is 5.56 Å². The molecule has 102 valence electrons. The van der Waals surface area contributed by atoms with Gasteiger partial charge in [0.1, 0.15) is 6.61 Å². The third kappa shape index (κ3) is 4.03. The maximum atomic E-state index is 11.5. The van der Waals surface area contributed by atoms with E-state index in [4.69, 9.17) is 4.74 Å². The first-order chi connectivity index (χ1) is 9.65. The molecule has 2 aromatic rings. The molecule has 0 saturated heterocycles. The van der Waals surface area contributed by atoms with E-state index in [2.05, 4.69) is 0 Å². The van der Waals surface area contributed by atoms with Crippen LogP contribution in [0.3, 0.4) is 0 Å². The fraction of sp³-hybridized carbons (Fsp3) is 0.0714. The molecule has 0 bridgehead atoms. The predicted molar refractivity (Wildman–Crippen MR) is 76.2 cm³/mol. The molecule has 1 aromatic heterocycles. The van der Waals surface area contributed by atoms with E-state index < -0.39 is 10.9 Å². The number of carbonyl (C=O) groups excluding carboxylic acids is 1. The van der Waals surface area contributed by atoms with Crippen LogP contribution in [0.25, 0.3) is 6.08 Å². The van der Waals surface area contributed by atoms with Gasteiger partial charge in [-0.05, 0) is 34.0 Å². The number of nitro benzene ring substituents is 1. The highest BCUT2D eigenvalue weighted by Gasteiger charge is 2.06. The maximum Gasteiger partial charge on any atom is 0.331 e. The van der Waals surface area contributed by atoms with Crippen molar-refractivity contribution >= 4 is 29.1 Å². The summed E-state index contributed by atoms with van der Waals surface area (Å²) in [6, 6.07) is 7.89. The number of non-ortho nitro benzene ring substituents is 1. The van der Waals surface area contributed by atoms with Crippen molar-refractivity contribution < 1.29 is 14.5 Å². The number of ether oxygens (including phenoxy) is 1. The second kappa shape index (κ2) is 6.63. The Hall–Kier alpha value is -2.47. The fourth-order valence-corrected chi connectivity index (χ4v) is 2.13. The van der Waals surface area contributed by atoms with Gasteiger partial charge in [-0.1, -0.05) is 12.1 Å². The van der Waals surface area contributed by atoms with Gasteiger partial charge in [0.15, 0.2) is 0 Å². The number of benzene rings is 1. The summed E-state index contributed by atoms with van der Waals surface area (Å²) in [5.74, 6) is -0.484. The van der Waals surface area contributed by atoms with Gasteiger partial charge in [-0.25, -0.2) is 4.79 Å². The van der Waals surface area contributed by atoms with Crippen LogP contribution in [0.15, 0.2) is 47.2 Å². The molecule has 6 heteroatoms. The minimum Gasteiger partial charge on any atom is -0.458 e. The molecule has 0 aliphatic heterocycles. The fourth-order valence-electron chi connectivity index (χ4n) is 1.50. The molecule has 20 heavy (non-hydrogen) atoms. The Morgan fingerprint density at radius 3 is 2.95 bits per heavy atom. The molecule has 0 atom stereocenters. The van der Waals surface area contributed by atoms with Gasteiger partial charge >= 0.3 is 5.97 Å². The van der Waals surface area contributed by atoms with E-state index in [9.17, 15) is 14.9 Å². The number of hydrogen-bond acceptors (Lipinski definition) is 5. The van der Waals surface area contributed by atoms with Crippen LogP contribution >= 0.6 is 11.3 Å². The van der Waals surface area contributed by atoms with E-state index in [0.29, 0.717) is 5.56 Å². The number of hydrogen-bond donors (Lipinski definition) is 0. The predicted octanol–water partition coefficient (Wildman–Crippen LogP) is 3.41. The Morgan fingerprint density at radius 1 is 1.40 bits per heavy atom. The van der Waals surface area contributed by atoms with Gasteiger partial charge < -0.3 is 4.74 Å². The Kier molecular flexibility index (Phi) is 4.62. The van der Waals surface area contributed by atoms with Crippen LogP contribution in [0.2, 0.25) is 0 Å². The third-order valence-electron chi connectivity index (χ3n) is 2.46. The lowest BCUT2D eigenvalue weighted by atomic mass is 10.2.